The SMILES string of the molecule is [Ag].[Ag].[Ag].[Ce]. The quantitative estimate of drug-likeness (QED) is 0.444. The zero-order valence-corrected chi connectivity index (χ0v) is 8.99. The average Bonchev–Trinajstić information content (AvgIpc) is 0. The van der Waals surface area contributed by atoms with Crippen molar-refractivity contribution in [2.24, 2.45) is 0 Å². The van der Waals surface area contributed by atoms with Gasteiger partial charge in [0.2, 0.25) is 0 Å². The Morgan fingerprint density at radius 2 is 0.500 bits per heavy atom. The van der Waals surface area contributed by atoms with Crippen LogP contribution in [0.25, 0.3) is 0 Å². The molecule has 0 amide bonds. The zero-order chi connectivity index (χ0) is 0. The van der Waals surface area contributed by atoms with Crippen molar-refractivity contribution in [2.45, 2.75) is 0 Å². The Bertz CT molecular complexity index is 3.25. The third kappa shape index (κ3) is 9.14. The summed E-state index contributed by atoms with van der Waals surface area (Å²) in [5.74, 6) is 0. The molecule has 0 aliphatic heterocycles. The van der Waals surface area contributed by atoms with Crippen LogP contribution in [0.1, 0.15) is 0 Å². The van der Waals surface area contributed by atoms with Gasteiger partial charge in [-0.05, 0) is 0 Å². The van der Waals surface area contributed by atoms with Gasteiger partial charge < -0.3 is 0 Å². The van der Waals surface area contributed by atoms with E-state index in [1.54, 1.807) is 0 Å². The molecule has 0 saturated carbocycles. The van der Waals surface area contributed by atoms with E-state index in [0.29, 0.717) is 0 Å². The van der Waals surface area contributed by atoms with Crippen LogP contribution in [0.3, 0.4) is 0 Å². The van der Waals surface area contributed by atoms with Gasteiger partial charge >= 0.3 is 0 Å². The van der Waals surface area contributed by atoms with Gasteiger partial charge in [0, 0.05) is 109 Å². The van der Waals surface area contributed by atoms with Gasteiger partial charge in [0.05, 0.1) is 0 Å². The summed E-state index contributed by atoms with van der Waals surface area (Å²) in [5.41, 5.74) is 0. The number of hydrogen-bond donors (Lipinski definition) is 0. The number of rotatable bonds is 0. The van der Waals surface area contributed by atoms with Crippen LogP contribution < -0.4 is 0 Å². The molecular formula is Ag3Ce. The topological polar surface area (TPSA) is 0 Å². The molecule has 0 heterocycles. The second-order valence-corrected chi connectivity index (χ2v) is 0. The molecule has 0 unspecified atom stereocenters. The minimum atomic E-state index is 0. The first kappa shape index (κ1) is 25.6. The molecule has 0 rings (SSSR count). The predicted octanol–water partition coefficient (Wildman–Crippen LogP) is -0.00750. The molecule has 3 radical (unpaired) electrons. The molecule has 0 aliphatic carbocycles. The summed E-state index contributed by atoms with van der Waals surface area (Å²) in [6.07, 6.45) is 0. The molecule has 0 N–H and O–H groups in total. The van der Waals surface area contributed by atoms with Gasteiger partial charge in [0.25, 0.3) is 0 Å². The average molecular weight is 464 g/mol. The van der Waals surface area contributed by atoms with Crippen LogP contribution in [-0.4, -0.2) is 0 Å². The monoisotopic (exact) mass is 461 g/mol. The van der Waals surface area contributed by atoms with E-state index >= 15 is 0 Å². The van der Waals surface area contributed by atoms with Crippen molar-refractivity contribution in [1.82, 2.24) is 0 Å². The Hall–Kier alpha value is 3.60. The second kappa shape index (κ2) is 16.0. The molecule has 4 heavy (non-hydrogen) atoms. The van der Waals surface area contributed by atoms with E-state index in [-0.39, 0.29) is 109 Å². The standard InChI is InChI=1S/3Ag.Ce. The molecule has 0 aromatic rings. The van der Waals surface area contributed by atoms with E-state index in [1.165, 1.54) is 0 Å². The molecular weight excluding hydrogens is 464 g/mol. The summed E-state index contributed by atoms with van der Waals surface area (Å²) in [7, 11) is 0. The van der Waals surface area contributed by atoms with Crippen molar-refractivity contribution in [2.75, 3.05) is 0 Å². The van der Waals surface area contributed by atoms with Gasteiger partial charge in [-0.15, -0.1) is 0 Å². The third-order valence-electron chi connectivity index (χ3n) is 0. The second-order valence-electron chi connectivity index (χ2n) is 0. The molecule has 0 atom stereocenters. The third-order valence-corrected chi connectivity index (χ3v) is 0. The van der Waals surface area contributed by atoms with Crippen LogP contribution in [0, 0.1) is 41.7 Å². The van der Waals surface area contributed by atoms with Gasteiger partial charge in [-0.1, -0.05) is 0 Å². The molecule has 0 fully saturated rings. The van der Waals surface area contributed by atoms with E-state index < -0.39 is 0 Å². The van der Waals surface area contributed by atoms with E-state index in [0.717, 1.165) is 0 Å². The normalized spacial score (nSPS) is 0. The van der Waals surface area contributed by atoms with Crippen LogP contribution >= 0.6 is 0 Å². The van der Waals surface area contributed by atoms with Gasteiger partial charge in [-0.3, -0.25) is 0 Å². The molecule has 0 saturated heterocycles. The van der Waals surface area contributed by atoms with Crippen molar-refractivity contribution >= 4 is 0 Å². The van der Waals surface area contributed by atoms with Crippen molar-refractivity contribution in [3.8, 4) is 0 Å². The van der Waals surface area contributed by atoms with E-state index in [2.05, 4.69) is 0 Å². The molecule has 0 aromatic heterocycles. The van der Waals surface area contributed by atoms with Crippen LogP contribution in [0.5, 0.6) is 0 Å². The van der Waals surface area contributed by atoms with Crippen molar-refractivity contribution in [3.63, 3.8) is 0 Å². The summed E-state index contributed by atoms with van der Waals surface area (Å²) in [5, 5.41) is 0. The summed E-state index contributed by atoms with van der Waals surface area (Å²) in [4.78, 5) is 0. The van der Waals surface area contributed by atoms with E-state index in [1.807, 2.05) is 0 Å². The fraction of sp³-hybridized carbons (Fsp3) is 0. The van der Waals surface area contributed by atoms with Gasteiger partial charge in [-0.25, -0.2) is 0 Å². The maximum absolute atomic E-state index is 0. The molecule has 0 bridgehead atoms. The van der Waals surface area contributed by atoms with Crippen LogP contribution in [-0.2, 0) is 67.1 Å². The molecule has 0 aliphatic rings. The Kier molecular flexibility index (Phi) is 102. The smallest absolute Gasteiger partial charge is 0 e. The first-order chi connectivity index (χ1) is 0. The Morgan fingerprint density at radius 3 is 0.500 bits per heavy atom. The zero-order valence-electron chi connectivity index (χ0n) is 1.40. The summed E-state index contributed by atoms with van der Waals surface area (Å²) in [6, 6.07) is 0. The molecule has 0 spiro atoms. The molecule has 0 nitrogen and oxygen atoms in total. The minimum Gasteiger partial charge on any atom is 0 e. The van der Waals surface area contributed by atoms with Crippen LogP contribution in [0.2, 0.25) is 0 Å². The largest absolute Gasteiger partial charge is 0 e. The molecule has 4 heteroatoms. The predicted molar refractivity (Wildman–Crippen MR) is 0 cm³/mol. The Balaban J connectivity index is 0. The van der Waals surface area contributed by atoms with Crippen molar-refractivity contribution < 1.29 is 109 Å². The van der Waals surface area contributed by atoms with Crippen LogP contribution in [0.4, 0.5) is 0 Å². The van der Waals surface area contributed by atoms with Crippen molar-refractivity contribution in [1.29, 1.82) is 0 Å². The first-order valence-corrected chi connectivity index (χ1v) is 0. The van der Waals surface area contributed by atoms with E-state index in [9.17, 15) is 0 Å². The molecule has 37 valence electrons. The van der Waals surface area contributed by atoms with Gasteiger partial charge in [0.15, 0.2) is 0 Å². The Morgan fingerprint density at radius 1 is 0.500 bits per heavy atom. The maximum atomic E-state index is 0. The molecule has 0 aromatic carbocycles. The fourth-order valence-electron chi connectivity index (χ4n) is 0. The maximum Gasteiger partial charge on any atom is 0 e. The minimum absolute atomic E-state index is 0. The summed E-state index contributed by atoms with van der Waals surface area (Å²) >= 11 is 0. The Labute approximate surface area is 106 Å². The first-order valence-electron chi connectivity index (χ1n) is 0. The fourth-order valence-corrected chi connectivity index (χ4v) is 0. The van der Waals surface area contributed by atoms with E-state index in [4.69, 9.17) is 0 Å². The van der Waals surface area contributed by atoms with Gasteiger partial charge in [-0.2, -0.15) is 0 Å². The van der Waals surface area contributed by atoms with Crippen LogP contribution in [0.15, 0.2) is 0 Å². The summed E-state index contributed by atoms with van der Waals surface area (Å²) in [6.45, 7) is 0. The van der Waals surface area contributed by atoms with Crippen molar-refractivity contribution in [3.05, 3.63) is 0 Å². The number of hydrogen-bond acceptors (Lipinski definition) is 0. The van der Waals surface area contributed by atoms with Gasteiger partial charge in [0.1, 0.15) is 0 Å². The summed E-state index contributed by atoms with van der Waals surface area (Å²) < 4.78 is 0.